The molecule has 2 aromatic carbocycles. The molecule has 0 aliphatic heterocycles. The van der Waals surface area contributed by atoms with Gasteiger partial charge < -0.3 is 4.57 Å². The van der Waals surface area contributed by atoms with E-state index in [9.17, 15) is 0 Å². The first-order chi connectivity index (χ1) is 9.68. The van der Waals surface area contributed by atoms with Crippen molar-refractivity contribution >= 4 is 0 Å². The molecule has 0 amide bonds. The highest BCUT2D eigenvalue weighted by Gasteiger charge is 2.11. The maximum atomic E-state index is 2.28. The van der Waals surface area contributed by atoms with Gasteiger partial charge in [0.15, 0.2) is 0 Å². The summed E-state index contributed by atoms with van der Waals surface area (Å²) in [5.74, 6) is 0. The predicted molar refractivity (Wildman–Crippen MR) is 85.8 cm³/mol. The number of hydrogen-bond donors (Lipinski definition) is 0. The molecule has 3 aromatic rings. The quantitative estimate of drug-likeness (QED) is 0.613. The van der Waals surface area contributed by atoms with Crippen LogP contribution in [0.2, 0.25) is 0 Å². The molecule has 20 heavy (non-hydrogen) atoms. The number of benzene rings is 2. The third-order valence-corrected chi connectivity index (χ3v) is 3.96. The standard InChI is InChI=1S/C19H19N/c1-14-8-4-6-10-16(14)18-12-13-19(20(18)3)17-11-7-5-9-15(17)2/h4-13H,1-3H3. The molecule has 0 bridgehead atoms. The van der Waals surface area contributed by atoms with Crippen LogP contribution in [-0.2, 0) is 7.05 Å². The van der Waals surface area contributed by atoms with Crippen LogP contribution >= 0.6 is 0 Å². The largest absolute Gasteiger partial charge is 0.344 e. The highest BCUT2D eigenvalue weighted by atomic mass is 15.0. The summed E-state index contributed by atoms with van der Waals surface area (Å²) in [7, 11) is 2.14. The van der Waals surface area contributed by atoms with Crippen molar-refractivity contribution in [3.8, 4) is 22.5 Å². The van der Waals surface area contributed by atoms with Crippen LogP contribution in [0, 0.1) is 13.8 Å². The topological polar surface area (TPSA) is 4.93 Å². The normalized spacial score (nSPS) is 10.8. The van der Waals surface area contributed by atoms with Gasteiger partial charge in [-0.3, -0.25) is 0 Å². The summed E-state index contributed by atoms with van der Waals surface area (Å²) in [6, 6.07) is 21.5. The molecule has 0 fully saturated rings. The number of aryl methyl sites for hydroxylation is 2. The molecule has 0 aliphatic carbocycles. The zero-order valence-corrected chi connectivity index (χ0v) is 12.2. The lowest BCUT2D eigenvalue weighted by molar-refractivity contribution is 0.943. The number of rotatable bonds is 2. The Labute approximate surface area is 120 Å². The Kier molecular flexibility index (Phi) is 3.19. The van der Waals surface area contributed by atoms with E-state index in [0.717, 1.165) is 0 Å². The molecule has 0 atom stereocenters. The van der Waals surface area contributed by atoms with Crippen LogP contribution in [0.25, 0.3) is 22.5 Å². The number of aromatic nitrogens is 1. The molecule has 0 unspecified atom stereocenters. The van der Waals surface area contributed by atoms with Crippen molar-refractivity contribution < 1.29 is 0 Å². The van der Waals surface area contributed by atoms with Gasteiger partial charge in [0.05, 0.1) is 0 Å². The SMILES string of the molecule is Cc1ccccc1-c1ccc(-c2ccccc2C)n1C. The van der Waals surface area contributed by atoms with Gasteiger partial charge in [0.1, 0.15) is 0 Å². The smallest absolute Gasteiger partial charge is 0.0485 e. The molecule has 0 spiro atoms. The maximum absolute atomic E-state index is 2.28. The average molecular weight is 261 g/mol. The van der Waals surface area contributed by atoms with E-state index in [1.165, 1.54) is 33.6 Å². The van der Waals surface area contributed by atoms with Crippen LogP contribution in [0.4, 0.5) is 0 Å². The summed E-state index contributed by atoms with van der Waals surface area (Å²) in [6.45, 7) is 4.32. The molecule has 0 aliphatic rings. The monoisotopic (exact) mass is 261 g/mol. The van der Waals surface area contributed by atoms with Gasteiger partial charge in [-0.25, -0.2) is 0 Å². The molecule has 1 nitrogen and oxygen atoms in total. The first kappa shape index (κ1) is 12.7. The lowest BCUT2D eigenvalue weighted by Gasteiger charge is -2.11. The van der Waals surface area contributed by atoms with Gasteiger partial charge >= 0.3 is 0 Å². The van der Waals surface area contributed by atoms with Crippen molar-refractivity contribution in [2.45, 2.75) is 13.8 Å². The molecule has 1 heterocycles. The zero-order chi connectivity index (χ0) is 14.1. The molecule has 0 radical (unpaired) electrons. The Morgan fingerprint density at radius 1 is 0.600 bits per heavy atom. The number of hydrogen-bond acceptors (Lipinski definition) is 0. The third kappa shape index (κ3) is 2.05. The lowest BCUT2D eigenvalue weighted by Crippen LogP contribution is -1.96. The fourth-order valence-corrected chi connectivity index (χ4v) is 2.77. The molecule has 0 N–H and O–H groups in total. The van der Waals surface area contributed by atoms with Crippen LogP contribution < -0.4 is 0 Å². The molecule has 0 saturated carbocycles. The van der Waals surface area contributed by atoms with Crippen LogP contribution in [0.1, 0.15) is 11.1 Å². The molecular weight excluding hydrogens is 242 g/mol. The Hall–Kier alpha value is -2.28. The van der Waals surface area contributed by atoms with Gasteiger partial charge in [-0.2, -0.15) is 0 Å². The van der Waals surface area contributed by atoms with E-state index in [-0.39, 0.29) is 0 Å². The van der Waals surface area contributed by atoms with Gasteiger partial charge in [-0.05, 0) is 37.1 Å². The summed E-state index contributed by atoms with van der Waals surface area (Å²) in [5, 5.41) is 0. The van der Waals surface area contributed by atoms with Gasteiger partial charge in [0.2, 0.25) is 0 Å². The summed E-state index contributed by atoms with van der Waals surface area (Å²) >= 11 is 0. The second-order valence-corrected chi connectivity index (χ2v) is 5.29. The van der Waals surface area contributed by atoms with Crippen molar-refractivity contribution in [3.63, 3.8) is 0 Å². The van der Waals surface area contributed by atoms with Crippen molar-refractivity contribution in [2.75, 3.05) is 0 Å². The minimum atomic E-state index is 1.27. The highest BCUT2D eigenvalue weighted by Crippen LogP contribution is 2.30. The lowest BCUT2D eigenvalue weighted by atomic mass is 10.1. The van der Waals surface area contributed by atoms with Gasteiger partial charge in [-0.15, -0.1) is 0 Å². The fraction of sp³-hybridized carbons (Fsp3) is 0.158. The van der Waals surface area contributed by atoms with E-state index < -0.39 is 0 Å². The minimum absolute atomic E-state index is 1.27. The maximum Gasteiger partial charge on any atom is 0.0485 e. The minimum Gasteiger partial charge on any atom is -0.344 e. The van der Waals surface area contributed by atoms with Gasteiger partial charge in [0, 0.05) is 29.6 Å². The van der Waals surface area contributed by atoms with E-state index in [1.54, 1.807) is 0 Å². The second kappa shape index (κ2) is 5.01. The molecular formula is C19H19N. The zero-order valence-electron chi connectivity index (χ0n) is 12.2. The second-order valence-electron chi connectivity index (χ2n) is 5.29. The van der Waals surface area contributed by atoms with Crippen LogP contribution in [0.5, 0.6) is 0 Å². The van der Waals surface area contributed by atoms with E-state index in [1.807, 2.05) is 0 Å². The van der Waals surface area contributed by atoms with Crippen LogP contribution in [0.3, 0.4) is 0 Å². The van der Waals surface area contributed by atoms with Crippen molar-refractivity contribution in [3.05, 3.63) is 71.8 Å². The van der Waals surface area contributed by atoms with E-state index in [4.69, 9.17) is 0 Å². The number of nitrogens with zero attached hydrogens (tertiary/aromatic N) is 1. The molecule has 0 saturated heterocycles. The van der Waals surface area contributed by atoms with Crippen molar-refractivity contribution in [1.82, 2.24) is 4.57 Å². The van der Waals surface area contributed by atoms with Crippen molar-refractivity contribution in [2.24, 2.45) is 7.05 Å². The fourth-order valence-electron chi connectivity index (χ4n) is 2.77. The summed E-state index contributed by atoms with van der Waals surface area (Å²) < 4.78 is 2.28. The Balaban J connectivity index is 2.15. The molecule has 3 rings (SSSR count). The first-order valence-corrected chi connectivity index (χ1v) is 6.96. The highest BCUT2D eigenvalue weighted by molar-refractivity contribution is 5.72. The van der Waals surface area contributed by atoms with E-state index in [2.05, 4.69) is 86.1 Å². The molecule has 1 aromatic heterocycles. The molecule has 1 heteroatoms. The summed E-state index contributed by atoms with van der Waals surface area (Å²) in [4.78, 5) is 0. The van der Waals surface area contributed by atoms with Gasteiger partial charge in [-0.1, -0.05) is 48.5 Å². The summed E-state index contributed by atoms with van der Waals surface area (Å²) in [5.41, 5.74) is 7.75. The van der Waals surface area contributed by atoms with Crippen LogP contribution in [0.15, 0.2) is 60.7 Å². The first-order valence-electron chi connectivity index (χ1n) is 6.96. The Bertz CT molecular complexity index is 687. The predicted octanol–water partition coefficient (Wildman–Crippen LogP) is 4.98. The average Bonchev–Trinajstić information content (AvgIpc) is 2.82. The molecule has 100 valence electrons. The van der Waals surface area contributed by atoms with E-state index >= 15 is 0 Å². The van der Waals surface area contributed by atoms with E-state index in [0.29, 0.717) is 0 Å². The Morgan fingerprint density at radius 2 is 1.00 bits per heavy atom. The Morgan fingerprint density at radius 3 is 1.40 bits per heavy atom. The van der Waals surface area contributed by atoms with Crippen molar-refractivity contribution in [1.29, 1.82) is 0 Å². The summed E-state index contributed by atoms with van der Waals surface area (Å²) in [6.07, 6.45) is 0. The third-order valence-electron chi connectivity index (χ3n) is 3.96. The van der Waals surface area contributed by atoms with Crippen LogP contribution in [-0.4, -0.2) is 4.57 Å². The van der Waals surface area contributed by atoms with Gasteiger partial charge in [0.25, 0.3) is 0 Å².